The van der Waals surface area contributed by atoms with E-state index >= 15 is 0 Å². The predicted octanol–water partition coefficient (Wildman–Crippen LogP) is 2.55. The zero-order chi connectivity index (χ0) is 15.6. The van der Waals surface area contributed by atoms with E-state index in [2.05, 4.69) is 63.8 Å². The van der Waals surface area contributed by atoms with Crippen LogP contribution in [0.25, 0.3) is 10.6 Å². The Balaban J connectivity index is -0.000000220. The van der Waals surface area contributed by atoms with Gasteiger partial charge in [0.05, 0.1) is 0 Å². The summed E-state index contributed by atoms with van der Waals surface area (Å²) in [6.45, 7) is 7.46. The third kappa shape index (κ3) is 28.3. The first-order chi connectivity index (χ1) is 9.62. The molecule has 2 heterocycles. The van der Waals surface area contributed by atoms with E-state index in [9.17, 15) is 0 Å². The Morgan fingerprint density at radius 2 is 1.57 bits per heavy atom. The van der Waals surface area contributed by atoms with Gasteiger partial charge >= 0.3 is 104 Å². The number of nitrogens with zero attached hydrogens (tertiary/aromatic N) is 2. The molecule has 0 bridgehead atoms. The fourth-order valence-corrected chi connectivity index (χ4v) is 1.38. The van der Waals surface area contributed by atoms with E-state index in [1.54, 1.807) is 0 Å². The van der Waals surface area contributed by atoms with Gasteiger partial charge in [-0.3, -0.25) is 0 Å². The summed E-state index contributed by atoms with van der Waals surface area (Å²) >= 11 is -1.69. The van der Waals surface area contributed by atoms with Gasteiger partial charge in [0.25, 0.3) is 0 Å². The van der Waals surface area contributed by atoms with Gasteiger partial charge in [-0.1, -0.05) is 37.5 Å². The quantitative estimate of drug-likeness (QED) is 0.354. The molecule has 2 rings (SSSR count). The van der Waals surface area contributed by atoms with E-state index in [1.807, 2.05) is 12.3 Å². The predicted molar refractivity (Wildman–Crippen MR) is 68.2 cm³/mol. The molecule has 0 saturated carbocycles. The van der Waals surface area contributed by atoms with Gasteiger partial charge in [-0.15, -0.1) is 19.6 Å². The topological polar surface area (TPSA) is 28.2 Å². The van der Waals surface area contributed by atoms with Crippen molar-refractivity contribution in [3.05, 3.63) is 34.6 Å². The van der Waals surface area contributed by atoms with Crippen LogP contribution in [0.2, 0.25) is 0 Å². The van der Waals surface area contributed by atoms with Gasteiger partial charge in [0.2, 0.25) is 0 Å². The number of halogens is 4. The molecular weight excluding hydrogens is 651 g/mol. The van der Waals surface area contributed by atoms with Gasteiger partial charge in [-0.05, 0) is 12.8 Å². The van der Waals surface area contributed by atoms with Crippen LogP contribution in [0.3, 0.4) is 0 Å². The van der Waals surface area contributed by atoms with Crippen LogP contribution in [-0.4, -0.2) is 19.6 Å². The Labute approximate surface area is 188 Å². The molecule has 1 fully saturated rings. The number of hydrogen-bond acceptors (Lipinski definition) is 0. The second-order valence-electron chi connectivity index (χ2n) is 4.22. The standard InChI is InChI=1S/C6H12N.C6H8N.3Cd.4ClH/c2*1-6-2-4-7-5-3-6;;;;;;;/h6H,2-5H2,1H3;2-4H,5H2,1H3;;;;4*1H/q2*-1;3*+2;;;;. The number of rotatable bonds is 0. The summed E-state index contributed by atoms with van der Waals surface area (Å²) in [6, 6.07) is 0. The fraction of sp³-hybridized carbons (Fsp3) is 0.667. The zero-order valence-electron chi connectivity index (χ0n) is 13.0. The first-order valence-corrected chi connectivity index (χ1v) is 28.7. The summed E-state index contributed by atoms with van der Waals surface area (Å²) in [5, 5.41) is 8.20. The molecule has 2 aliphatic rings. The molecule has 0 radical (unpaired) electrons. The van der Waals surface area contributed by atoms with Gasteiger partial charge in [0, 0.05) is 0 Å². The van der Waals surface area contributed by atoms with Crippen molar-refractivity contribution in [1.82, 2.24) is 0 Å². The molecule has 0 aromatic heterocycles. The summed E-state index contributed by atoms with van der Waals surface area (Å²) < 4.78 is 0. The summed E-state index contributed by atoms with van der Waals surface area (Å²) in [7, 11) is 17.7. The van der Waals surface area contributed by atoms with E-state index in [4.69, 9.17) is 0 Å². The zero-order valence-corrected chi connectivity index (χ0v) is 28.4. The van der Waals surface area contributed by atoms with Gasteiger partial charge in [-0.25, -0.2) is 0 Å². The molecule has 0 unspecified atom stereocenters. The molecule has 2 aliphatic heterocycles. The van der Waals surface area contributed by atoms with E-state index in [-0.39, 0.29) is 27.3 Å². The Hall–Kier alpha value is 3.17. The SMILES string of the molecule is CC1=CC[N-]C=C1.CC1CC[N-]CC1.[Cd+2].[ClH+][Cd][ClH+].[ClH+][Cd][ClH+]. The molecule has 21 heavy (non-hydrogen) atoms. The summed E-state index contributed by atoms with van der Waals surface area (Å²) in [6.07, 6.45) is 8.58. The molecule has 2 nitrogen and oxygen atoms in total. The molecule has 0 aromatic carbocycles. The Kier molecular flexibility index (Phi) is 35.0. The molecular formula is C12H24Cd3Cl4N2+4. The van der Waals surface area contributed by atoms with Crippen molar-refractivity contribution in [3.63, 3.8) is 0 Å². The van der Waals surface area contributed by atoms with Crippen LogP contribution in [0, 0.1) is 39.2 Å². The van der Waals surface area contributed by atoms with Crippen LogP contribution in [-0.2, 0) is 70.9 Å². The Morgan fingerprint density at radius 1 is 1.10 bits per heavy atom. The minimum atomic E-state index is -0.843. The molecule has 0 spiro atoms. The molecule has 0 amide bonds. The number of piperidine rings is 1. The van der Waals surface area contributed by atoms with E-state index < -0.39 is 43.6 Å². The average molecular weight is 675 g/mol. The van der Waals surface area contributed by atoms with Crippen LogP contribution in [0.1, 0.15) is 26.7 Å². The van der Waals surface area contributed by atoms with Gasteiger partial charge in [-0.2, -0.15) is 6.20 Å². The molecule has 0 atom stereocenters. The van der Waals surface area contributed by atoms with Crippen molar-refractivity contribution in [2.45, 2.75) is 26.7 Å². The van der Waals surface area contributed by atoms with Gasteiger partial charge < -0.3 is 10.6 Å². The van der Waals surface area contributed by atoms with E-state index in [0.717, 1.165) is 25.6 Å². The molecule has 0 N–H and O–H groups in total. The van der Waals surface area contributed by atoms with E-state index in [1.165, 1.54) is 18.4 Å². The van der Waals surface area contributed by atoms with Crippen molar-refractivity contribution in [3.8, 4) is 0 Å². The van der Waals surface area contributed by atoms with Crippen molar-refractivity contribution in [2.24, 2.45) is 5.92 Å². The summed E-state index contributed by atoms with van der Waals surface area (Å²) in [5.74, 6) is 0.942. The first-order valence-electron chi connectivity index (χ1n) is 6.57. The fourth-order valence-electron chi connectivity index (χ4n) is 1.38. The van der Waals surface area contributed by atoms with Crippen LogP contribution in [0.15, 0.2) is 23.9 Å². The average Bonchev–Trinajstić information content (AvgIpc) is 2.43. The normalized spacial score (nSPS) is 15.4. The van der Waals surface area contributed by atoms with Crippen molar-refractivity contribution in [2.75, 3.05) is 19.6 Å². The number of allylic oxidation sites excluding steroid dienone is 2. The maximum atomic E-state index is 4.42. The Morgan fingerprint density at radius 3 is 1.76 bits per heavy atom. The third-order valence-electron chi connectivity index (χ3n) is 2.52. The van der Waals surface area contributed by atoms with Crippen LogP contribution in [0.5, 0.6) is 0 Å². The Bertz CT molecular complexity index is 249. The molecule has 0 aliphatic carbocycles. The maximum absolute atomic E-state index is 4.42. The second-order valence-corrected chi connectivity index (χ2v) is 18.2. The first kappa shape index (κ1) is 28.9. The number of hydrogen-bond donors (Lipinski definition) is 0. The summed E-state index contributed by atoms with van der Waals surface area (Å²) in [5.41, 5.74) is 1.31. The van der Waals surface area contributed by atoms with Crippen molar-refractivity contribution < 1.29 is 104 Å². The monoisotopic (exact) mass is 678 g/mol. The van der Waals surface area contributed by atoms with Crippen molar-refractivity contribution in [1.29, 1.82) is 0 Å². The van der Waals surface area contributed by atoms with Gasteiger partial charge in [0.1, 0.15) is 0 Å². The van der Waals surface area contributed by atoms with Crippen LogP contribution in [0.4, 0.5) is 0 Å². The molecule has 0 aromatic rings. The summed E-state index contributed by atoms with van der Waals surface area (Å²) in [4.78, 5) is 0. The second kappa shape index (κ2) is 25.4. The molecule has 1 saturated heterocycles. The van der Waals surface area contributed by atoms with Crippen molar-refractivity contribution >= 4 is 0 Å². The molecule has 9 heteroatoms. The third-order valence-corrected chi connectivity index (χ3v) is 2.52. The van der Waals surface area contributed by atoms with Crippen LogP contribution < -0.4 is 0 Å². The van der Waals surface area contributed by atoms with Gasteiger partial charge in [0.15, 0.2) is 0 Å². The molecule has 112 valence electrons. The van der Waals surface area contributed by atoms with Crippen LogP contribution >= 0.6 is 0 Å². The minimum absolute atomic E-state index is 0. The van der Waals surface area contributed by atoms with E-state index in [0.29, 0.717) is 0 Å².